The second kappa shape index (κ2) is 30.9. The number of phenols is 1. The summed E-state index contributed by atoms with van der Waals surface area (Å²) in [4.78, 5) is 118. The number of hydrogen-bond donors (Lipinski definition) is 14. The normalized spacial score (nSPS) is 18.3. The van der Waals surface area contributed by atoms with Crippen LogP contribution in [0.3, 0.4) is 0 Å². The molecule has 0 aliphatic carbocycles. The van der Waals surface area contributed by atoms with E-state index in [1.807, 2.05) is 0 Å². The smallest absolute Gasteiger partial charge is 0.326 e. The number of guanidine groups is 2. The van der Waals surface area contributed by atoms with Gasteiger partial charge in [-0.1, -0.05) is 75.7 Å². The van der Waals surface area contributed by atoms with Gasteiger partial charge in [0, 0.05) is 42.5 Å². The van der Waals surface area contributed by atoms with Gasteiger partial charge in [-0.05, 0) is 98.0 Å². The molecule has 0 unspecified atom stereocenters. The number of carboxylic acids is 1. The SMILES string of the molecule is Cc1cc(O)cc(C)c1C[C@H](N)C(=O)N[C@H]1CSSC[C@@H](C(=O)NCC(=O)N[C@H](CCCN=C(N)N)C(=O)N[C@H](CCCN=C(N)N)C(=O)O)NC(=O)[C@H](Cc2ccc(Cl)cc2)NC(=O)[C@H](Cc2ccccc2)NC1=O. The molecule has 1 aliphatic heterocycles. The second-order valence-electron chi connectivity index (χ2n) is 17.8. The maximum atomic E-state index is 14.4. The fraction of sp³-hybridized carbons (Fsp3) is 0.429. The third kappa shape index (κ3) is 21.1. The zero-order valence-corrected chi connectivity index (χ0v) is 44.4. The molecule has 1 fully saturated rings. The number of nitrogens with two attached hydrogens (primary N) is 5. The highest BCUT2D eigenvalue weighted by Gasteiger charge is 2.34. The molecule has 24 nitrogen and oxygen atoms in total. The van der Waals surface area contributed by atoms with Crippen LogP contribution in [0.5, 0.6) is 5.75 Å². The average Bonchev–Trinajstić information content (AvgIpc) is 3.36. The van der Waals surface area contributed by atoms with Gasteiger partial charge >= 0.3 is 5.97 Å². The lowest BCUT2D eigenvalue weighted by Crippen LogP contribution is -2.60. The van der Waals surface area contributed by atoms with Crippen LogP contribution < -0.4 is 65.9 Å². The standard InChI is InChI=1S/C49H67ClN14O10S2/c1-26-18-31(65)19-27(2)32(26)22-33(51)41(67)63-39-25-76-75-24-38(42(68)58-23-40(66)59-34(10-6-16-56-48(52)53)43(69)60-35(47(73)74)11-7-17-57-49(54)55)64-45(71)37(21-29-12-14-30(50)15-13-29)61-44(70)36(62-46(39)72)20-28-8-4-3-5-9-28/h3-5,8-9,12-15,18-19,33-39,65H,6-7,10-11,16-17,20-25,51H2,1-2H3,(H,58,68)(H,59,66)(H,60,69)(H,61,70)(H,62,72)(H,63,67)(H,64,71)(H,73,74)(H4,52,53,56)(H4,54,55,57)/t33-,34+,35+,36-,37-,38-,39-/m0/s1. The number of hydrogen-bond acceptors (Lipinski definition) is 14. The minimum atomic E-state index is -1.38. The van der Waals surface area contributed by atoms with Crippen molar-refractivity contribution in [3.63, 3.8) is 0 Å². The lowest BCUT2D eigenvalue weighted by molar-refractivity contribution is -0.142. The Morgan fingerprint density at radius 3 is 1.86 bits per heavy atom. The lowest BCUT2D eigenvalue weighted by atomic mass is 9.96. The predicted octanol–water partition coefficient (Wildman–Crippen LogP) is -1.37. The summed E-state index contributed by atoms with van der Waals surface area (Å²) in [6, 6.07) is 9.28. The molecular weight excluding hydrogens is 1040 g/mol. The minimum Gasteiger partial charge on any atom is -0.508 e. The van der Waals surface area contributed by atoms with E-state index in [0.717, 1.165) is 27.2 Å². The highest BCUT2D eigenvalue weighted by atomic mass is 35.5. The number of aliphatic imine (C=N–C) groups is 2. The van der Waals surface area contributed by atoms with Gasteiger partial charge in [0.25, 0.3) is 0 Å². The molecule has 1 heterocycles. The Bertz CT molecular complexity index is 2550. The maximum absolute atomic E-state index is 14.4. The van der Waals surface area contributed by atoms with Crippen molar-refractivity contribution < 1.29 is 48.6 Å². The molecule has 3 aromatic carbocycles. The number of aryl methyl sites for hydroxylation is 2. The largest absolute Gasteiger partial charge is 0.508 e. The first kappa shape index (κ1) is 61.3. The van der Waals surface area contributed by atoms with E-state index >= 15 is 0 Å². The average molecular weight is 1110 g/mol. The zero-order valence-electron chi connectivity index (χ0n) is 42.0. The number of aromatic hydroxyl groups is 1. The predicted molar refractivity (Wildman–Crippen MR) is 292 cm³/mol. The number of rotatable bonds is 23. The molecule has 0 bridgehead atoms. The van der Waals surface area contributed by atoms with E-state index in [1.165, 1.54) is 0 Å². The Hall–Kier alpha value is -7.29. The van der Waals surface area contributed by atoms with E-state index in [-0.39, 0.29) is 87.2 Å². The van der Waals surface area contributed by atoms with E-state index < -0.39 is 96.2 Å². The van der Waals surface area contributed by atoms with Crippen molar-refractivity contribution in [1.29, 1.82) is 0 Å². The van der Waals surface area contributed by atoms with E-state index in [4.69, 9.17) is 40.3 Å². The fourth-order valence-corrected chi connectivity index (χ4v) is 10.2. The van der Waals surface area contributed by atoms with Gasteiger partial charge in [-0.2, -0.15) is 0 Å². The molecule has 3 aromatic rings. The number of halogens is 1. The molecule has 4 rings (SSSR count). The zero-order chi connectivity index (χ0) is 55.9. The van der Waals surface area contributed by atoms with Crippen molar-refractivity contribution in [3.05, 3.63) is 99.6 Å². The van der Waals surface area contributed by atoms with Crippen molar-refractivity contribution in [3.8, 4) is 5.75 Å². The Balaban J connectivity index is 1.60. The first-order valence-corrected chi connectivity index (χ1v) is 27.0. The van der Waals surface area contributed by atoms with Crippen LogP contribution in [0.15, 0.2) is 76.7 Å². The number of carbonyl (C=O) groups is 8. The van der Waals surface area contributed by atoms with Crippen molar-refractivity contribution in [2.75, 3.05) is 31.1 Å². The summed E-state index contributed by atoms with van der Waals surface area (Å²) in [5.41, 5.74) is 31.4. The Kier molecular flexibility index (Phi) is 24.9. The molecule has 19 N–H and O–H groups in total. The van der Waals surface area contributed by atoms with Crippen molar-refractivity contribution >= 4 is 92.4 Å². The van der Waals surface area contributed by atoms with Crippen molar-refractivity contribution in [1.82, 2.24) is 37.2 Å². The first-order chi connectivity index (χ1) is 36.1. The van der Waals surface area contributed by atoms with E-state index in [2.05, 4.69) is 47.2 Å². The van der Waals surface area contributed by atoms with Crippen LogP contribution in [-0.2, 0) is 57.6 Å². The maximum Gasteiger partial charge on any atom is 0.326 e. The topological polar surface area (TPSA) is 416 Å². The van der Waals surface area contributed by atoms with Crippen LogP contribution in [0.25, 0.3) is 0 Å². The summed E-state index contributed by atoms with van der Waals surface area (Å²) in [6.45, 7) is 2.99. The van der Waals surface area contributed by atoms with Gasteiger partial charge in [0.15, 0.2) is 11.9 Å². The number of aliphatic carboxylic acids is 1. The summed E-state index contributed by atoms with van der Waals surface area (Å²) >= 11 is 6.16. The van der Waals surface area contributed by atoms with Crippen LogP contribution in [0, 0.1) is 13.8 Å². The molecule has 412 valence electrons. The molecule has 0 saturated carbocycles. The molecule has 27 heteroatoms. The van der Waals surface area contributed by atoms with Gasteiger partial charge in [-0.25, -0.2) is 4.79 Å². The number of benzene rings is 3. The number of carboxylic acid groups (broad SMARTS) is 1. The highest BCUT2D eigenvalue weighted by Crippen LogP contribution is 2.25. The Morgan fingerprint density at radius 1 is 0.737 bits per heavy atom. The van der Waals surface area contributed by atoms with E-state index in [0.29, 0.717) is 27.3 Å². The van der Waals surface area contributed by atoms with Crippen molar-refractivity contribution in [2.24, 2.45) is 38.7 Å². The number of nitrogens with one attached hydrogen (secondary N) is 7. The number of nitrogens with zero attached hydrogens (tertiary/aromatic N) is 2. The molecule has 0 aromatic heterocycles. The van der Waals surface area contributed by atoms with Gasteiger partial charge in [-0.15, -0.1) is 0 Å². The Labute approximate surface area is 452 Å². The fourth-order valence-electron chi connectivity index (χ4n) is 7.77. The van der Waals surface area contributed by atoms with Gasteiger partial charge in [-0.3, -0.25) is 43.5 Å². The molecular formula is C49H67ClN14O10S2. The molecule has 0 spiro atoms. The van der Waals surface area contributed by atoms with Crippen LogP contribution >= 0.6 is 33.2 Å². The van der Waals surface area contributed by atoms with Crippen molar-refractivity contribution in [2.45, 2.75) is 101 Å². The lowest BCUT2D eigenvalue weighted by Gasteiger charge is -2.28. The third-order valence-electron chi connectivity index (χ3n) is 11.7. The van der Waals surface area contributed by atoms with Crippen LogP contribution in [0.4, 0.5) is 0 Å². The summed E-state index contributed by atoms with van der Waals surface area (Å²) in [5, 5.41) is 38.7. The molecule has 76 heavy (non-hydrogen) atoms. The number of amides is 7. The first-order valence-electron chi connectivity index (χ1n) is 24.1. The quantitative estimate of drug-likeness (QED) is 0.0225. The van der Waals surface area contributed by atoms with E-state index in [1.54, 1.807) is 80.6 Å². The number of phenolic OH excluding ortho intramolecular Hbond substituents is 1. The molecule has 7 atom stereocenters. The van der Waals surface area contributed by atoms with Crippen LogP contribution in [0.1, 0.15) is 53.5 Å². The third-order valence-corrected chi connectivity index (χ3v) is 14.4. The summed E-state index contributed by atoms with van der Waals surface area (Å²) in [6.07, 6.45) is 0.220. The second-order valence-corrected chi connectivity index (χ2v) is 20.8. The van der Waals surface area contributed by atoms with Gasteiger partial charge in [0.1, 0.15) is 42.0 Å². The summed E-state index contributed by atoms with van der Waals surface area (Å²) in [7, 11) is 2.13. The minimum absolute atomic E-state index is 0.0259. The van der Waals surface area contributed by atoms with Crippen LogP contribution in [0.2, 0.25) is 5.02 Å². The molecule has 7 amide bonds. The monoisotopic (exact) mass is 1110 g/mol. The Morgan fingerprint density at radius 2 is 1.28 bits per heavy atom. The van der Waals surface area contributed by atoms with Crippen LogP contribution in [-0.4, -0.2) is 143 Å². The van der Waals surface area contributed by atoms with Gasteiger partial charge in [0.2, 0.25) is 41.4 Å². The highest BCUT2D eigenvalue weighted by molar-refractivity contribution is 8.76. The summed E-state index contributed by atoms with van der Waals surface area (Å²) < 4.78 is 0. The number of carbonyl (C=O) groups excluding carboxylic acids is 7. The van der Waals surface area contributed by atoms with Gasteiger partial charge < -0.3 is 76.1 Å². The van der Waals surface area contributed by atoms with E-state index in [9.17, 15) is 48.6 Å². The molecule has 1 aliphatic rings. The summed E-state index contributed by atoms with van der Waals surface area (Å²) in [5.74, 6) is -7.50. The molecule has 0 radical (unpaired) electrons. The van der Waals surface area contributed by atoms with Gasteiger partial charge in [0.05, 0.1) is 12.6 Å². The molecule has 1 saturated heterocycles.